The molecular weight excluding hydrogens is 240 g/mol. The van der Waals surface area contributed by atoms with Gasteiger partial charge in [0, 0.05) is 5.69 Å². The second-order valence-corrected chi connectivity index (χ2v) is 4.23. The summed E-state index contributed by atoms with van der Waals surface area (Å²) in [4.78, 5) is 0. The average molecular weight is 258 g/mol. The second-order valence-electron chi connectivity index (χ2n) is 4.23. The number of nitrogens with one attached hydrogen (secondary N) is 1. The minimum Gasteiger partial charge on any atom is -0.497 e. The number of ether oxygens (including phenoxy) is 2. The number of aryl methyl sites for hydroxylation is 1. The summed E-state index contributed by atoms with van der Waals surface area (Å²) < 4.78 is 10.4. The standard InChI is InChI=1S/C15H18N2O2/c1-10-9-11(18-2)7-8-12(10)17-13-5-4-6-14(19-3)15(13)16/h4-9,17H,16H2,1-3H3. The van der Waals surface area contributed by atoms with Gasteiger partial charge in [-0.2, -0.15) is 0 Å². The summed E-state index contributed by atoms with van der Waals surface area (Å²) in [5.74, 6) is 1.50. The zero-order valence-corrected chi connectivity index (χ0v) is 11.4. The molecule has 3 N–H and O–H groups in total. The molecule has 4 heteroatoms. The molecule has 2 aromatic carbocycles. The highest BCUT2D eigenvalue weighted by atomic mass is 16.5. The molecule has 0 bridgehead atoms. The summed E-state index contributed by atoms with van der Waals surface area (Å²) >= 11 is 0. The summed E-state index contributed by atoms with van der Waals surface area (Å²) in [6, 6.07) is 11.5. The molecule has 0 saturated heterocycles. The summed E-state index contributed by atoms with van der Waals surface area (Å²) in [7, 11) is 3.26. The molecule has 0 spiro atoms. The molecule has 0 heterocycles. The Kier molecular flexibility index (Phi) is 3.80. The van der Waals surface area contributed by atoms with Gasteiger partial charge in [0.15, 0.2) is 0 Å². The number of anilines is 3. The molecule has 0 saturated carbocycles. The van der Waals surface area contributed by atoms with E-state index in [2.05, 4.69) is 5.32 Å². The molecule has 0 amide bonds. The largest absolute Gasteiger partial charge is 0.497 e. The molecule has 2 aromatic rings. The van der Waals surface area contributed by atoms with Crippen LogP contribution in [0.15, 0.2) is 36.4 Å². The Hall–Kier alpha value is -2.36. The first kappa shape index (κ1) is 13.1. The summed E-state index contributed by atoms with van der Waals surface area (Å²) in [5.41, 5.74) is 9.53. The van der Waals surface area contributed by atoms with Gasteiger partial charge in [-0.3, -0.25) is 0 Å². The minimum atomic E-state index is 0.597. The van der Waals surface area contributed by atoms with E-state index in [4.69, 9.17) is 15.2 Å². The van der Waals surface area contributed by atoms with Crippen molar-refractivity contribution in [3.8, 4) is 11.5 Å². The molecule has 2 rings (SSSR count). The average Bonchev–Trinajstić information content (AvgIpc) is 2.43. The number of nitrogen functional groups attached to an aromatic ring is 1. The lowest BCUT2D eigenvalue weighted by atomic mass is 10.1. The van der Waals surface area contributed by atoms with E-state index in [1.165, 1.54) is 0 Å². The van der Waals surface area contributed by atoms with Crippen molar-refractivity contribution in [1.29, 1.82) is 0 Å². The van der Waals surface area contributed by atoms with Crippen LogP contribution >= 0.6 is 0 Å². The van der Waals surface area contributed by atoms with Gasteiger partial charge >= 0.3 is 0 Å². The van der Waals surface area contributed by atoms with Gasteiger partial charge in [0.25, 0.3) is 0 Å². The molecular formula is C15H18N2O2. The molecule has 0 radical (unpaired) electrons. The van der Waals surface area contributed by atoms with E-state index in [0.29, 0.717) is 11.4 Å². The van der Waals surface area contributed by atoms with Gasteiger partial charge in [-0.1, -0.05) is 6.07 Å². The smallest absolute Gasteiger partial charge is 0.143 e. The van der Waals surface area contributed by atoms with Crippen LogP contribution in [0.1, 0.15) is 5.56 Å². The first-order chi connectivity index (χ1) is 9.15. The fraction of sp³-hybridized carbons (Fsp3) is 0.200. The third-order valence-electron chi connectivity index (χ3n) is 2.99. The highest BCUT2D eigenvalue weighted by molar-refractivity contribution is 5.78. The number of methoxy groups -OCH3 is 2. The number of hydrogen-bond acceptors (Lipinski definition) is 4. The summed E-state index contributed by atoms with van der Waals surface area (Å²) in [5, 5.41) is 3.31. The number of rotatable bonds is 4. The second kappa shape index (κ2) is 5.52. The van der Waals surface area contributed by atoms with E-state index in [1.807, 2.05) is 43.3 Å². The lowest BCUT2D eigenvalue weighted by molar-refractivity contribution is 0.414. The van der Waals surface area contributed by atoms with Crippen LogP contribution in [0.2, 0.25) is 0 Å². The Bertz CT molecular complexity index is 582. The van der Waals surface area contributed by atoms with Crippen LogP contribution in [0.3, 0.4) is 0 Å². The Morgan fingerprint density at radius 3 is 2.42 bits per heavy atom. The van der Waals surface area contributed by atoms with Gasteiger partial charge in [0.1, 0.15) is 11.5 Å². The molecule has 100 valence electrons. The van der Waals surface area contributed by atoms with Gasteiger partial charge in [-0.05, 0) is 42.8 Å². The molecule has 0 unspecified atom stereocenters. The van der Waals surface area contributed by atoms with Crippen molar-refractivity contribution in [1.82, 2.24) is 0 Å². The summed E-state index contributed by atoms with van der Waals surface area (Å²) in [6.07, 6.45) is 0. The van der Waals surface area contributed by atoms with Crippen molar-refractivity contribution in [2.75, 3.05) is 25.3 Å². The van der Waals surface area contributed by atoms with Gasteiger partial charge in [0.05, 0.1) is 25.6 Å². The minimum absolute atomic E-state index is 0.597. The lowest BCUT2D eigenvalue weighted by Gasteiger charge is -2.14. The molecule has 0 aromatic heterocycles. The van der Waals surface area contributed by atoms with Gasteiger partial charge in [0.2, 0.25) is 0 Å². The molecule has 0 fully saturated rings. The van der Waals surface area contributed by atoms with Crippen LogP contribution in [-0.4, -0.2) is 14.2 Å². The first-order valence-corrected chi connectivity index (χ1v) is 6.00. The number of benzene rings is 2. The van der Waals surface area contributed by atoms with Crippen LogP contribution in [0.25, 0.3) is 0 Å². The number of nitrogens with two attached hydrogens (primary N) is 1. The van der Waals surface area contributed by atoms with Crippen molar-refractivity contribution in [2.45, 2.75) is 6.92 Å². The maximum Gasteiger partial charge on any atom is 0.143 e. The van der Waals surface area contributed by atoms with Gasteiger partial charge in [-0.25, -0.2) is 0 Å². The Balaban J connectivity index is 2.31. The summed E-state index contributed by atoms with van der Waals surface area (Å²) in [6.45, 7) is 2.02. The normalized spacial score (nSPS) is 10.1. The van der Waals surface area contributed by atoms with E-state index in [9.17, 15) is 0 Å². The third kappa shape index (κ3) is 2.73. The topological polar surface area (TPSA) is 56.5 Å². The zero-order valence-electron chi connectivity index (χ0n) is 11.4. The zero-order chi connectivity index (χ0) is 13.8. The third-order valence-corrected chi connectivity index (χ3v) is 2.99. The SMILES string of the molecule is COc1ccc(Nc2cccc(OC)c2N)c(C)c1. The van der Waals surface area contributed by atoms with Crippen LogP contribution < -0.4 is 20.5 Å². The number of para-hydroxylation sites is 1. The van der Waals surface area contributed by atoms with Gasteiger partial charge < -0.3 is 20.5 Å². The van der Waals surface area contributed by atoms with E-state index >= 15 is 0 Å². The van der Waals surface area contributed by atoms with E-state index in [1.54, 1.807) is 14.2 Å². The van der Waals surface area contributed by atoms with Crippen molar-refractivity contribution >= 4 is 17.1 Å². The molecule has 4 nitrogen and oxygen atoms in total. The highest BCUT2D eigenvalue weighted by Gasteiger charge is 2.07. The fourth-order valence-corrected chi connectivity index (χ4v) is 1.88. The monoisotopic (exact) mass is 258 g/mol. The maximum absolute atomic E-state index is 6.04. The van der Waals surface area contributed by atoms with Crippen LogP contribution in [0, 0.1) is 6.92 Å². The molecule has 0 aliphatic heterocycles. The maximum atomic E-state index is 6.04. The molecule has 0 aliphatic carbocycles. The predicted molar refractivity (Wildman–Crippen MR) is 78.4 cm³/mol. The van der Waals surface area contributed by atoms with Crippen LogP contribution in [0.5, 0.6) is 11.5 Å². The number of hydrogen-bond donors (Lipinski definition) is 2. The Morgan fingerprint density at radius 2 is 1.79 bits per heavy atom. The molecule has 19 heavy (non-hydrogen) atoms. The quantitative estimate of drug-likeness (QED) is 0.826. The molecule has 0 aliphatic rings. The highest BCUT2D eigenvalue weighted by Crippen LogP contribution is 2.32. The Labute approximate surface area is 113 Å². The lowest BCUT2D eigenvalue weighted by Crippen LogP contribution is -2.00. The van der Waals surface area contributed by atoms with Crippen molar-refractivity contribution in [3.63, 3.8) is 0 Å². The van der Waals surface area contributed by atoms with Crippen molar-refractivity contribution in [2.24, 2.45) is 0 Å². The van der Waals surface area contributed by atoms with Crippen LogP contribution in [0.4, 0.5) is 17.1 Å². The predicted octanol–water partition coefficient (Wildman–Crippen LogP) is 3.34. The first-order valence-electron chi connectivity index (χ1n) is 6.00. The van der Waals surface area contributed by atoms with E-state index in [0.717, 1.165) is 22.7 Å². The van der Waals surface area contributed by atoms with Crippen molar-refractivity contribution in [3.05, 3.63) is 42.0 Å². The fourth-order valence-electron chi connectivity index (χ4n) is 1.88. The van der Waals surface area contributed by atoms with E-state index in [-0.39, 0.29) is 0 Å². The van der Waals surface area contributed by atoms with E-state index < -0.39 is 0 Å². The van der Waals surface area contributed by atoms with Crippen molar-refractivity contribution < 1.29 is 9.47 Å². The van der Waals surface area contributed by atoms with Crippen LogP contribution in [-0.2, 0) is 0 Å². The molecule has 0 atom stereocenters. The Morgan fingerprint density at radius 1 is 1.00 bits per heavy atom. The van der Waals surface area contributed by atoms with Gasteiger partial charge in [-0.15, -0.1) is 0 Å².